The fourth-order valence-corrected chi connectivity index (χ4v) is 2.59. The molecular weight excluding hydrogens is 282 g/mol. The molecule has 0 unspecified atom stereocenters. The third-order valence-electron chi connectivity index (χ3n) is 3.72. The monoisotopic (exact) mass is 299 g/mol. The molecule has 5 nitrogen and oxygen atoms in total. The standard InChI is InChI=1S/C17H17NO4/c1-21-14-8-7-13-9-10-18(15(13)16(14)19)17(20)22-11-12-5-3-2-4-6-12/h2-8,19H,9-11H2,1H3. The molecule has 0 aliphatic carbocycles. The summed E-state index contributed by atoms with van der Waals surface area (Å²) in [5.41, 5.74) is 2.32. The summed E-state index contributed by atoms with van der Waals surface area (Å²) in [6.45, 7) is 0.694. The van der Waals surface area contributed by atoms with E-state index in [0.717, 1.165) is 11.1 Å². The summed E-state index contributed by atoms with van der Waals surface area (Å²) in [5, 5.41) is 10.2. The molecule has 2 aromatic carbocycles. The number of carbonyl (C=O) groups is 1. The Bertz CT molecular complexity index is 685. The molecule has 1 aliphatic rings. The average Bonchev–Trinajstić information content (AvgIpc) is 2.99. The molecule has 1 heterocycles. The molecule has 2 aromatic rings. The molecule has 1 N–H and O–H groups in total. The highest BCUT2D eigenvalue weighted by atomic mass is 16.6. The lowest BCUT2D eigenvalue weighted by molar-refractivity contribution is 0.147. The Labute approximate surface area is 128 Å². The van der Waals surface area contributed by atoms with Crippen molar-refractivity contribution in [3.05, 3.63) is 53.6 Å². The predicted molar refractivity (Wildman–Crippen MR) is 82.3 cm³/mol. The first-order valence-electron chi connectivity index (χ1n) is 7.07. The molecule has 0 saturated heterocycles. The molecule has 0 aromatic heterocycles. The molecule has 0 spiro atoms. The van der Waals surface area contributed by atoms with Crippen LogP contribution < -0.4 is 9.64 Å². The van der Waals surface area contributed by atoms with E-state index >= 15 is 0 Å². The van der Waals surface area contributed by atoms with Gasteiger partial charge in [-0.05, 0) is 23.6 Å². The number of benzene rings is 2. The summed E-state index contributed by atoms with van der Waals surface area (Å²) in [6.07, 6.45) is 0.221. The van der Waals surface area contributed by atoms with Crippen molar-refractivity contribution in [3.63, 3.8) is 0 Å². The molecule has 1 amide bonds. The van der Waals surface area contributed by atoms with Crippen molar-refractivity contribution in [2.75, 3.05) is 18.6 Å². The SMILES string of the molecule is COc1ccc2c(c1O)N(C(=O)OCc1ccccc1)CC2. The van der Waals surface area contributed by atoms with E-state index in [9.17, 15) is 9.90 Å². The molecule has 0 atom stereocenters. The van der Waals surface area contributed by atoms with E-state index in [1.54, 1.807) is 6.07 Å². The minimum absolute atomic E-state index is 0.0193. The Balaban J connectivity index is 1.76. The number of hydrogen-bond acceptors (Lipinski definition) is 4. The van der Waals surface area contributed by atoms with Crippen LogP contribution in [0.4, 0.5) is 10.5 Å². The minimum atomic E-state index is -0.467. The molecule has 0 radical (unpaired) electrons. The Morgan fingerprint density at radius 3 is 2.73 bits per heavy atom. The highest BCUT2D eigenvalue weighted by Gasteiger charge is 2.30. The third kappa shape index (κ3) is 2.57. The van der Waals surface area contributed by atoms with Crippen molar-refractivity contribution in [1.82, 2.24) is 0 Å². The van der Waals surface area contributed by atoms with Gasteiger partial charge in [0.05, 0.1) is 12.8 Å². The molecule has 1 aliphatic heterocycles. The third-order valence-corrected chi connectivity index (χ3v) is 3.72. The summed E-state index contributed by atoms with van der Waals surface area (Å²) in [5.74, 6) is 0.329. The van der Waals surface area contributed by atoms with Crippen molar-refractivity contribution in [2.24, 2.45) is 0 Å². The first kappa shape index (κ1) is 14.3. The van der Waals surface area contributed by atoms with Crippen LogP contribution in [0.5, 0.6) is 11.5 Å². The molecule has 114 valence electrons. The number of aromatic hydroxyl groups is 1. The van der Waals surface area contributed by atoms with E-state index in [0.29, 0.717) is 24.4 Å². The van der Waals surface area contributed by atoms with Gasteiger partial charge in [0.15, 0.2) is 11.5 Å². The summed E-state index contributed by atoms with van der Waals surface area (Å²) in [7, 11) is 1.48. The van der Waals surface area contributed by atoms with Gasteiger partial charge < -0.3 is 14.6 Å². The van der Waals surface area contributed by atoms with Crippen molar-refractivity contribution < 1.29 is 19.4 Å². The van der Waals surface area contributed by atoms with Gasteiger partial charge in [-0.15, -0.1) is 0 Å². The highest BCUT2D eigenvalue weighted by Crippen LogP contribution is 2.43. The van der Waals surface area contributed by atoms with Crippen LogP contribution >= 0.6 is 0 Å². The number of ether oxygens (including phenoxy) is 2. The first-order valence-corrected chi connectivity index (χ1v) is 7.07. The van der Waals surface area contributed by atoms with E-state index in [1.807, 2.05) is 36.4 Å². The summed E-state index contributed by atoms with van der Waals surface area (Å²) in [6, 6.07) is 13.0. The molecule has 0 bridgehead atoms. The quantitative estimate of drug-likeness (QED) is 0.946. The van der Waals surface area contributed by atoms with Gasteiger partial charge in [-0.3, -0.25) is 4.90 Å². The van der Waals surface area contributed by atoms with Crippen molar-refractivity contribution >= 4 is 11.8 Å². The maximum atomic E-state index is 12.3. The molecule has 0 fully saturated rings. The lowest BCUT2D eigenvalue weighted by Gasteiger charge is -2.19. The fourth-order valence-electron chi connectivity index (χ4n) is 2.59. The topological polar surface area (TPSA) is 59.0 Å². The maximum absolute atomic E-state index is 12.3. The van der Waals surface area contributed by atoms with Crippen LogP contribution in [0.25, 0.3) is 0 Å². The zero-order chi connectivity index (χ0) is 15.5. The second-order valence-electron chi connectivity index (χ2n) is 5.07. The second-order valence-corrected chi connectivity index (χ2v) is 5.07. The number of phenolic OH excluding ortho intramolecular Hbond substituents is 1. The highest BCUT2D eigenvalue weighted by molar-refractivity contribution is 5.93. The largest absolute Gasteiger partial charge is 0.503 e. The number of methoxy groups -OCH3 is 1. The van der Waals surface area contributed by atoms with Gasteiger partial charge in [0.25, 0.3) is 0 Å². The Morgan fingerprint density at radius 1 is 1.23 bits per heavy atom. The minimum Gasteiger partial charge on any atom is -0.503 e. The normalized spacial score (nSPS) is 12.9. The maximum Gasteiger partial charge on any atom is 0.414 e. The zero-order valence-corrected chi connectivity index (χ0v) is 12.3. The molecule has 0 saturated carbocycles. The first-order chi connectivity index (χ1) is 10.7. The second kappa shape index (κ2) is 5.97. The van der Waals surface area contributed by atoms with E-state index in [1.165, 1.54) is 12.0 Å². The van der Waals surface area contributed by atoms with Crippen molar-refractivity contribution in [3.8, 4) is 11.5 Å². The number of hydrogen-bond donors (Lipinski definition) is 1. The lowest BCUT2D eigenvalue weighted by Crippen LogP contribution is -2.29. The summed E-state index contributed by atoms with van der Waals surface area (Å²) >= 11 is 0. The molecule has 3 rings (SSSR count). The number of fused-ring (bicyclic) bond motifs is 1. The predicted octanol–water partition coefficient (Wildman–Crippen LogP) is 3.10. The Hall–Kier alpha value is -2.69. The van der Waals surface area contributed by atoms with Crippen LogP contribution in [0.15, 0.2) is 42.5 Å². The number of nitrogens with zero attached hydrogens (tertiary/aromatic N) is 1. The average molecular weight is 299 g/mol. The van der Waals surface area contributed by atoms with Gasteiger partial charge in [0.1, 0.15) is 6.61 Å². The van der Waals surface area contributed by atoms with E-state index < -0.39 is 6.09 Å². The van der Waals surface area contributed by atoms with Gasteiger partial charge in [0, 0.05) is 6.54 Å². The van der Waals surface area contributed by atoms with Crippen molar-refractivity contribution in [1.29, 1.82) is 0 Å². The summed E-state index contributed by atoms with van der Waals surface area (Å²) in [4.78, 5) is 13.7. The van der Waals surface area contributed by atoms with Gasteiger partial charge in [-0.25, -0.2) is 4.79 Å². The van der Waals surface area contributed by atoms with Crippen LogP contribution in [0.3, 0.4) is 0 Å². The van der Waals surface area contributed by atoms with E-state index in [-0.39, 0.29) is 12.4 Å². The van der Waals surface area contributed by atoms with Crippen LogP contribution in [0, 0.1) is 0 Å². The van der Waals surface area contributed by atoms with E-state index in [4.69, 9.17) is 9.47 Å². The Morgan fingerprint density at radius 2 is 2.00 bits per heavy atom. The van der Waals surface area contributed by atoms with Crippen LogP contribution in [-0.4, -0.2) is 24.9 Å². The smallest absolute Gasteiger partial charge is 0.414 e. The number of anilines is 1. The van der Waals surface area contributed by atoms with Gasteiger partial charge in [-0.2, -0.15) is 0 Å². The van der Waals surface area contributed by atoms with Crippen LogP contribution in [-0.2, 0) is 17.8 Å². The number of rotatable bonds is 3. The Kier molecular flexibility index (Phi) is 3.87. The van der Waals surface area contributed by atoms with E-state index in [2.05, 4.69) is 0 Å². The van der Waals surface area contributed by atoms with Crippen molar-refractivity contribution in [2.45, 2.75) is 13.0 Å². The number of phenols is 1. The molecule has 22 heavy (non-hydrogen) atoms. The van der Waals surface area contributed by atoms with Gasteiger partial charge >= 0.3 is 6.09 Å². The fraction of sp³-hybridized carbons (Fsp3) is 0.235. The number of carbonyl (C=O) groups excluding carboxylic acids is 1. The van der Waals surface area contributed by atoms with Gasteiger partial charge in [0.2, 0.25) is 0 Å². The van der Waals surface area contributed by atoms with Crippen LogP contribution in [0.1, 0.15) is 11.1 Å². The molecular formula is C17H17NO4. The molecule has 5 heteroatoms. The van der Waals surface area contributed by atoms with Gasteiger partial charge in [-0.1, -0.05) is 36.4 Å². The zero-order valence-electron chi connectivity index (χ0n) is 12.3. The van der Waals surface area contributed by atoms with Crippen LogP contribution in [0.2, 0.25) is 0 Å². The lowest BCUT2D eigenvalue weighted by atomic mass is 10.1. The summed E-state index contributed by atoms with van der Waals surface area (Å²) < 4.78 is 10.4. The number of amides is 1.